The number of carboxylic acid groups (broad SMARTS) is 2. The molecule has 4 nitrogen and oxygen atoms in total. The summed E-state index contributed by atoms with van der Waals surface area (Å²) in [6.07, 6.45) is 1.91. The van der Waals surface area contributed by atoms with Crippen LogP contribution in [0.25, 0.3) is 0 Å². The molecular weight excluding hydrogens is 220 g/mol. The second-order valence-electron chi connectivity index (χ2n) is 5.24. The van der Waals surface area contributed by atoms with E-state index in [0.29, 0.717) is 12.8 Å². The zero-order valence-electron chi connectivity index (χ0n) is 11.4. The van der Waals surface area contributed by atoms with E-state index in [2.05, 4.69) is 0 Å². The number of carboxylic acids is 2. The lowest BCUT2D eigenvalue weighted by atomic mass is 9.56. The topological polar surface area (TPSA) is 74.6 Å². The van der Waals surface area contributed by atoms with E-state index >= 15 is 0 Å². The van der Waals surface area contributed by atoms with Crippen molar-refractivity contribution in [3.63, 3.8) is 0 Å². The van der Waals surface area contributed by atoms with E-state index < -0.39 is 28.7 Å². The van der Waals surface area contributed by atoms with Crippen molar-refractivity contribution in [3.8, 4) is 0 Å². The molecule has 0 aromatic heterocycles. The van der Waals surface area contributed by atoms with Crippen LogP contribution in [0.5, 0.6) is 0 Å². The van der Waals surface area contributed by atoms with Crippen molar-refractivity contribution >= 4 is 11.9 Å². The minimum Gasteiger partial charge on any atom is -0.480 e. The zero-order valence-corrected chi connectivity index (χ0v) is 11.4. The Hall–Kier alpha value is -1.06. The molecule has 0 aliphatic heterocycles. The molecule has 0 fully saturated rings. The van der Waals surface area contributed by atoms with Gasteiger partial charge in [0.1, 0.15) is 0 Å². The molecule has 0 bridgehead atoms. The number of hydrogen-bond acceptors (Lipinski definition) is 2. The third-order valence-corrected chi connectivity index (χ3v) is 4.07. The molecule has 0 saturated heterocycles. The molecule has 0 aliphatic rings. The van der Waals surface area contributed by atoms with E-state index in [1.54, 1.807) is 20.8 Å². The Bertz CT molecular complexity index is 282. The molecule has 0 rings (SSSR count). The second-order valence-corrected chi connectivity index (χ2v) is 5.24. The van der Waals surface area contributed by atoms with Crippen LogP contribution in [-0.4, -0.2) is 22.2 Å². The van der Waals surface area contributed by atoms with Crippen molar-refractivity contribution in [2.75, 3.05) is 0 Å². The molecular formula is C13H24O4. The van der Waals surface area contributed by atoms with Crippen molar-refractivity contribution in [1.29, 1.82) is 0 Å². The molecule has 0 aromatic carbocycles. The first-order valence-electron chi connectivity index (χ1n) is 6.17. The Morgan fingerprint density at radius 1 is 1.12 bits per heavy atom. The van der Waals surface area contributed by atoms with E-state index in [-0.39, 0.29) is 0 Å². The first-order chi connectivity index (χ1) is 7.70. The predicted molar refractivity (Wildman–Crippen MR) is 65.8 cm³/mol. The van der Waals surface area contributed by atoms with Gasteiger partial charge in [-0.3, -0.25) is 9.59 Å². The van der Waals surface area contributed by atoms with Gasteiger partial charge in [0.15, 0.2) is 5.41 Å². The van der Waals surface area contributed by atoms with Gasteiger partial charge in [-0.1, -0.05) is 41.0 Å². The fraction of sp³-hybridized carbons (Fsp3) is 0.846. The number of carbonyl (C=O) groups is 2. The van der Waals surface area contributed by atoms with Crippen LogP contribution >= 0.6 is 0 Å². The standard InChI is InChI=1S/C13H24O4/c1-6-8-12(5,7-2)13(9(3)4,10(14)15)11(16)17/h9H,6-8H2,1-5H3,(H,14,15)(H,16,17). The third kappa shape index (κ3) is 2.31. The summed E-state index contributed by atoms with van der Waals surface area (Å²) in [5.74, 6) is -2.90. The van der Waals surface area contributed by atoms with Crippen LogP contribution in [0.3, 0.4) is 0 Å². The fourth-order valence-electron chi connectivity index (χ4n) is 3.00. The van der Waals surface area contributed by atoms with E-state index in [4.69, 9.17) is 0 Å². The Labute approximate surface area is 103 Å². The summed E-state index contributed by atoms with van der Waals surface area (Å²) < 4.78 is 0. The normalized spacial score (nSPS) is 15.6. The molecule has 0 saturated carbocycles. The molecule has 17 heavy (non-hydrogen) atoms. The Balaban J connectivity index is 5.89. The molecule has 0 amide bonds. The average molecular weight is 244 g/mol. The quantitative estimate of drug-likeness (QED) is 0.675. The average Bonchev–Trinajstić information content (AvgIpc) is 2.16. The van der Waals surface area contributed by atoms with Crippen LogP contribution in [0.1, 0.15) is 53.9 Å². The summed E-state index contributed by atoms with van der Waals surface area (Å²) in [6.45, 7) is 8.93. The van der Waals surface area contributed by atoms with Gasteiger partial charge in [0, 0.05) is 0 Å². The lowest BCUT2D eigenvalue weighted by Crippen LogP contribution is -2.55. The van der Waals surface area contributed by atoms with E-state index in [1.807, 2.05) is 13.8 Å². The minimum atomic E-state index is -1.71. The van der Waals surface area contributed by atoms with Gasteiger partial charge in [-0.15, -0.1) is 0 Å². The van der Waals surface area contributed by atoms with Crippen LogP contribution in [0.4, 0.5) is 0 Å². The molecule has 0 spiro atoms. The van der Waals surface area contributed by atoms with Gasteiger partial charge in [-0.2, -0.15) is 0 Å². The summed E-state index contributed by atoms with van der Waals surface area (Å²) in [4.78, 5) is 23.2. The van der Waals surface area contributed by atoms with Gasteiger partial charge in [-0.25, -0.2) is 0 Å². The summed E-state index contributed by atoms with van der Waals surface area (Å²) in [5, 5.41) is 19.0. The maximum absolute atomic E-state index is 11.6. The summed E-state index contributed by atoms with van der Waals surface area (Å²) in [7, 11) is 0. The van der Waals surface area contributed by atoms with Crippen molar-refractivity contribution < 1.29 is 19.8 Å². The van der Waals surface area contributed by atoms with Crippen molar-refractivity contribution in [3.05, 3.63) is 0 Å². The van der Waals surface area contributed by atoms with Crippen molar-refractivity contribution in [2.24, 2.45) is 16.7 Å². The predicted octanol–water partition coefficient (Wildman–Crippen LogP) is 3.01. The molecule has 0 aliphatic carbocycles. The highest BCUT2D eigenvalue weighted by molar-refractivity contribution is 5.99. The molecule has 0 heterocycles. The molecule has 2 N–H and O–H groups in total. The molecule has 0 aromatic rings. The maximum atomic E-state index is 11.6. The molecule has 4 heteroatoms. The Kier molecular flexibility index (Phi) is 5.17. The maximum Gasteiger partial charge on any atom is 0.321 e. The van der Waals surface area contributed by atoms with Crippen LogP contribution in [0.15, 0.2) is 0 Å². The van der Waals surface area contributed by atoms with Gasteiger partial charge in [0.2, 0.25) is 0 Å². The van der Waals surface area contributed by atoms with E-state index in [0.717, 1.165) is 6.42 Å². The van der Waals surface area contributed by atoms with Crippen LogP contribution < -0.4 is 0 Å². The van der Waals surface area contributed by atoms with E-state index in [9.17, 15) is 19.8 Å². The monoisotopic (exact) mass is 244 g/mol. The molecule has 1 unspecified atom stereocenters. The number of aliphatic carboxylic acids is 2. The SMILES string of the molecule is CCCC(C)(CC)C(C(=O)O)(C(=O)O)C(C)C. The second kappa shape index (κ2) is 5.52. The Morgan fingerprint density at radius 2 is 1.53 bits per heavy atom. The highest BCUT2D eigenvalue weighted by atomic mass is 16.4. The van der Waals surface area contributed by atoms with Crippen LogP contribution in [0.2, 0.25) is 0 Å². The van der Waals surface area contributed by atoms with Crippen LogP contribution in [-0.2, 0) is 9.59 Å². The van der Waals surface area contributed by atoms with Crippen LogP contribution in [0, 0.1) is 16.7 Å². The highest BCUT2D eigenvalue weighted by Crippen LogP contribution is 2.51. The summed E-state index contributed by atoms with van der Waals surface area (Å²) in [6, 6.07) is 0. The first kappa shape index (κ1) is 15.9. The largest absolute Gasteiger partial charge is 0.480 e. The minimum absolute atomic E-state index is 0.450. The van der Waals surface area contributed by atoms with Gasteiger partial charge < -0.3 is 10.2 Å². The lowest BCUT2D eigenvalue weighted by molar-refractivity contribution is -0.182. The van der Waals surface area contributed by atoms with Gasteiger partial charge in [0.25, 0.3) is 0 Å². The van der Waals surface area contributed by atoms with Gasteiger partial charge >= 0.3 is 11.9 Å². The van der Waals surface area contributed by atoms with Crippen molar-refractivity contribution in [2.45, 2.75) is 53.9 Å². The van der Waals surface area contributed by atoms with Crippen molar-refractivity contribution in [1.82, 2.24) is 0 Å². The first-order valence-corrected chi connectivity index (χ1v) is 6.17. The fourth-order valence-corrected chi connectivity index (χ4v) is 3.00. The number of rotatable bonds is 7. The summed E-state index contributed by atoms with van der Waals surface area (Å²) in [5.41, 5.74) is -2.44. The zero-order chi connectivity index (χ0) is 13.9. The van der Waals surface area contributed by atoms with Gasteiger partial charge in [-0.05, 0) is 24.2 Å². The van der Waals surface area contributed by atoms with E-state index in [1.165, 1.54) is 0 Å². The molecule has 0 radical (unpaired) electrons. The third-order valence-electron chi connectivity index (χ3n) is 4.07. The smallest absolute Gasteiger partial charge is 0.321 e. The molecule has 100 valence electrons. The van der Waals surface area contributed by atoms with Gasteiger partial charge in [0.05, 0.1) is 0 Å². The summed E-state index contributed by atoms with van der Waals surface area (Å²) >= 11 is 0. The molecule has 1 atom stereocenters. The lowest BCUT2D eigenvalue weighted by Gasteiger charge is -2.45. The highest BCUT2D eigenvalue weighted by Gasteiger charge is 2.60. The Morgan fingerprint density at radius 3 is 1.71 bits per heavy atom. The number of hydrogen-bond donors (Lipinski definition) is 2.